The Morgan fingerprint density at radius 1 is 1.39 bits per heavy atom. The van der Waals surface area contributed by atoms with Gasteiger partial charge in [-0.3, -0.25) is 0 Å². The van der Waals surface area contributed by atoms with E-state index in [-0.39, 0.29) is 5.69 Å². The molecule has 1 aromatic carbocycles. The fraction of sp³-hybridized carbons (Fsp3) is 0.231. The molecule has 2 rings (SSSR count). The van der Waals surface area contributed by atoms with Crippen LogP contribution in [0.3, 0.4) is 0 Å². The number of hydrogen-bond acceptors (Lipinski definition) is 5. The molecule has 0 radical (unpaired) electrons. The van der Waals surface area contributed by atoms with Crippen LogP contribution in [0.5, 0.6) is 0 Å². The molecule has 4 nitrogen and oxygen atoms in total. The number of nitrogens with zero attached hydrogens (tertiary/aromatic N) is 1. The minimum Gasteiger partial charge on any atom is -0.461 e. The third-order valence-electron chi connectivity index (χ3n) is 2.27. The second-order valence-electron chi connectivity index (χ2n) is 3.45. The van der Waals surface area contributed by atoms with Crippen molar-refractivity contribution in [3.63, 3.8) is 0 Å². The second kappa shape index (κ2) is 5.73. The molecule has 0 fully saturated rings. The molecule has 0 aliphatic rings. The molecule has 1 heterocycles. The number of aromatic nitrogens is 1. The molecule has 0 aliphatic carbocycles. The molecule has 2 aromatic rings. The molecule has 0 bridgehead atoms. The summed E-state index contributed by atoms with van der Waals surface area (Å²) in [5.41, 5.74) is 1.08. The summed E-state index contributed by atoms with van der Waals surface area (Å²) in [6.07, 6.45) is 1.83. The largest absolute Gasteiger partial charge is 0.461 e. The predicted molar refractivity (Wildman–Crippen MR) is 69.7 cm³/mol. The lowest BCUT2D eigenvalue weighted by Crippen LogP contribution is -2.06. The van der Waals surface area contributed by atoms with Crippen LogP contribution in [-0.4, -0.2) is 23.8 Å². The summed E-state index contributed by atoms with van der Waals surface area (Å²) in [7, 11) is 0. The number of rotatable bonds is 4. The van der Waals surface area contributed by atoms with Crippen LogP contribution in [0.4, 0.5) is 0 Å². The van der Waals surface area contributed by atoms with Crippen LogP contribution < -0.4 is 0 Å². The number of thioether (sulfide) groups is 1. The number of oxazole rings is 1. The van der Waals surface area contributed by atoms with Gasteiger partial charge in [0.15, 0.2) is 5.09 Å². The maximum absolute atomic E-state index is 11.7. The van der Waals surface area contributed by atoms with Gasteiger partial charge in [-0.15, -0.1) is 0 Å². The predicted octanol–water partition coefficient (Wildman–Crippen LogP) is 3.24. The van der Waals surface area contributed by atoms with E-state index in [2.05, 4.69) is 4.98 Å². The zero-order chi connectivity index (χ0) is 13.0. The molecule has 18 heavy (non-hydrogen) atoms. The van der Waals surface area contributed by atoms with Gasteiger partial charge in [0.25, 0.3) is 0 Å². The monoisotopic (exact) mass is 263 g/mol. The van der Waals surface area contributed by atoms with Crippen molar-refractivity contribution in [1.82, 2.24) is 4.98 Å². The van der Waals surface area contributed by atoms with Crippen LogP contribution >= 0.6 is 11.8 Å². The van der Waals surface area contributed by atoms with Crippen LogP contribution in [0.25, 0.3) is 11.5 Å². The van der Waals surface area contributed by atoms with E-state index in [0.29, 0.717) is 17.6 Å². The van der Waals surface area contributed by atoms with Crippen LogP contribution in [-0.2, 0) is 4.74 Å². The van der Waals surface area contributed by atoms with Gasteiger partial charge >= 0.3 is 5.97 Å². The van der Waals surface area contributed by atoms with Crippen molar-refractivity contribution in [2.75, 3.05) is 12.9 Å². The van der Waals surface area contributed by atoms with Crippen molar-refractivity contribution in [3.8, 4) is 11.5 Å². The van der Waals surface area contributed by atoms with Gasteiger partial charge in [-0.25, -0.2) is 9.78 Å². The summed E-state index contributed by atoms with van der Waals surface area (Å²) in [6.45, 7) is 2.08. The van der Waals surface area contributed by atoms with E-state index in [1.807, 2.05) is 36.6 Å². The first-order chi connectivity index (χ1) is 8.76. The van der Waals surface area contributed by atoms with Crippen molar-refractivity contribution in [1.29, 1.82) is 0 Å². The van der Waals surface area contributed by atoms with E-state index in [1.165, 1.54) is 11.8 Å². The lowest BCUT2D eigenvalue weighted by Gasteiger charge is -1.97. The molecule has 0 saturated heterocycles. The van der Waals surface area contributed by atoms with Crippen molar-refractivity contribution in [2.45, 2.75) is 12.0 Å². The maximum atomic E-state index is 11.7. The quantitative estimate of drug-likeness (QED) is 0.626. The first kappa shape index (κ1) is 12.7. The lowest BCUT2D eigenvalue weighted by atomic mass is 10.2. The van der Waals surface area contributed by atoms with Crippen LogP contribution in [0.1, 0.15) is 17.4 Å². The first-order valence-corrected chi connectivity index (χ1v) is 6.76. The topological polar surface area (TPSA) is 52.3 Å². The van der Waals surface area contributed by atoms with Crippen LogP contribution in [0.15, 0.2) is 39.8 Å². The Hall–Kier alpha value is -1.75. The summed E-state index contributed by atoms with van der Waals surface area (Å²) >= 11 is 1.34. The highest BCUT2D eigenvalue weighted by Crippen LogP contribution is 2.28. The molecule has 0 atom stereocenters. The molecule has 0 spiro atoms. The van der Waals surface area contributed by atoms with Gasteiger partial charge in [0.2, 0.25) is 11.6 Å². The Morgan fingerprint density at radius 2 is 2.11 bits per heavy atom. The zero-order valence-corrected chi connectivity index (χ0v) is 11.0. The van der Waals surface area contributed by atoms with Gasteiger partial charge in [0, 0.05) is 5.56 Å². The third-order valence-corrected chi connectivity index (χ3v) is 2.92. The number of benzene rings is 1. The fourth-order valence-electron chi connectivity index (χ4n) is 1.48. The minimum absolute atomic E-state index is 0.239. The van der Waals surface area contributed by atoms with E-state index in [9.17, 15) is 4.79 Å². The highest BCUT2D eigenvalue weighted by Gasteiger charge is 2.21. The number of carbonyl (C=O) groups excluding carboxylic acids is 1. The van der Waals surface area contributed by atoms with Gasteiger partial charge < -0.3 is 9.15 Å². The zero-order valence-electron chi connectivity index (χ0n) is 10.2. The molecule has 1 aromatic heterocycles. The first-order valence-electron chi connectivity index (χ1n) is 5.53. The summed E-state index contributed by atoms with van der Waals surface area (Å²) in [4.78, 5) is 15.9. The van der Waals surface area contributed by atoms with E-state index in [4.69, 9.17) is 9.15 Å². The summed E-state index contributed by atoms with van der Waals surface area (Å²) in [6, 6.07) is 9.45. The SMILES string of the molecule is CCOC(=O)c1nc(-c2ccccc2)oc1SC. The van der Waals surface area contributed by atoms with Gasteiger partial charge in [0.1, 0.15) is 0 Å². The Kier molecular flexibility index (Phi) is 4.04. The summed E-state index contributed by atoms with van der Waals surface area (Å²) in [5, 5.41) is 0.479. The van der Waals surface area contributed by atoms with Gasteiger partial charge in [0.05, 0.1) is 6.61 Å². The normalized spacial score (nSPS) is 10.3. The average Bonchev–Trinajstić information content (AvgIpc) is 2.84. The fourth-order valence-corrected chi connectivity index (χ4v) is 1.96. The number of hydrogen-bond donors (Lipinski definition) is 0. The maximum Gasteiger partial charge on any atom is 0.361 e. The van der Waals surface area contributed by atoms with Gasteiger partial charge in [-0.05, 0) is 25.3 Å². The standard InChI is InChI=1S/C13H13NO3S/c1-3-16-12(15)10-13(18-2)17-11(14-10)9-7-5-4-6-8-9/h4-8H,3H2,1-2H3. The molecule has 0 amide bonds. The molecular formula is C13H13NO3S. The Labute approximate surface area is 109 Å². The second-order valence-corrected chi connectivity index (χ2v) is 4.22. The van der Waals surface area contributed by atoms with Gasteiger partial charge in [-0.1, -0.05) is 30.0 Å². The van der Waals surface area contributed by atoms with Crippen molar-refractivity contribution >= 4 is 17.7 Å². The van der Waals surface area contributed by atoms with E-state index >= 15 is 0 Å². The molecule has 5 heteroatoms. The highest BCUT2D eigenvalue weighted by atomic mass is 32.2. The van der Waals surface area contributed by atoms with Crippen molar-refractivity contribution in [2.24, 2.45) is 0 Å². The Morgan fingerprint density at radius 3 is 2.72 bits per heavy atom. The highest BCUT2D eigenvalue weighted by molar-refractivity contribution is 7.98. The third kappa shape index (κ3) is 2.56. The minimum atomic E-state index is -0.451. The van der Waals surface area contributed by atoms with E-state index in [1.54, 1.807) is 6.92 Å². The van der Waals surface area contributed by atoms with Crippen LogP contribution in [0.2, 0.25) is 0 Å². The smallest absolute Gasteiger partial charge is 0.361 e. The van der Waals surface area contributed by atoms with Crippen LogP contribution in [0, 0.1) is 0 Å². The van der Waals surface area contributed by atoms with Gasteiger partial charge in [-0.2, -0.15) is 0 Å². The van der Waals surface area contributed by atoms with E-state index < -0.39 is 5.97 Å². The van der Waals surface area contributed by atoms with Crippen molar-refractivity contribution in [3.05, 3.63) is 36.0 Å². The van der Waals surface area contributed by atoms with E-state index in [0.717, 1.165) is 5.56 Å². The summed E-state index contributed by atoms with van der Waals surface area (Å²) in [5.74, 6) is -0.0178. The molecule has 0 saturated carbocycles. The molecule has 94 valence electrons. The Bertz CT molecular complexity index is 536. The number of ether oxygens (including phenoxy) is 1. The lowest BCUT2D eigenvalue weighted by molar-refractivity contribution is 0.0513. The number of esters is 1. The van der Waals surface area contributed by atoms with Crippen molar-refractivity contribution < 1.29 is 13.9 Å². The average molecular weight is 263 g/mol. The molecular weight excluding hydrogens is 250 g/mol. The summed E-state index contributed by atoms with van der Waals surface area (Å²) < 4.78 is 10.5. The molecule has 0 unspecified atom stereocenters. The Balaban J connectivity index is 2.38. The molecule has 0 aliphatic heterocycles. The molecule has 0 N–H and O–H groups in total. The number of carbonyl (C=O) groups is 1.